The maximum atomic E-state index is 11.7. The minimum atomic E-state index is 0.243. The van der Waals surface area contributed by atoms with E-state index >= 15 is 0 Å². The summed E-state index contributed by atoms with van der Waals surface area (Å²) in [6, 6.07) is 0.501. The second kappa shape index (κ2) is 8.53. The summed E-state index contributed by atoms with van der Waals surface area (Å²) in [7, 11) is 5.91. The topological polar surface area (TPSA) is 35.6 Å². The maximum Gasteiger partial charge on any atom is 0.222 e. The highest BCUT2D eigenvalue weighted by Crippen LogP contribution is 1.95. The highest BCUT2D eigenvalue weighted by Gasteiger charge is 2.07. The normalized spacial score (nSPS) is 11.2. The molecule has 1 amide bonds. The van der Waals surface area contributed by atoms with Gasteiger partial charge in [0, 0.05) is 32.6 Å². The number of carbonyl (C=O) groups excluding carboxylic acids is 1. The lowest BCUT2D eigenvalue weighted by atomic mass is 10.2. The van der Waals surface area contributed by atoms with Crippen LogP contribution in [0.25, 0.3) is 0 Å². The van der Waals surface area contributed by atoms with Crippen molar-refractivity contribution in [1.29, 1.82) is 0 Å². The van der Waals surface area contributed by atoms with Crippen molar-refractivity contribution in [2.45, 2.75) is 32.7 Å². The van der Waals surface area contributed by atoms with Gasteiger partial charge in [0.15, 0.2) is 0 Å². The molecule has 4 heteroatoms. The van der Waals surface area contributed by atoms with Gasteiger partial charge in [0.2, 0.25) is 5.91 Å². The van der Waals surface area contributed by atoms with Gasteiger partial charge in [0.05, 0.1) is 0 Å². The predicted molar refractivity (Wildman–Crippen MR) is 68.6 cm³/mol. The van der Waals surface area contributed by atoms with Crippen molar-refractivity contribution < 1.29 is 4.79 Å². The van der Waals surface area contributed by atoms with Crippen LogP contribution in [0.4, 0.5) is 0 Å². The number of nitrogens with zero attached hydrogens (tertiary/aromatic N) is 2. The van der Waals surface area contributed by atoms with Crippen molar-refractivity contribution in [3.8, 4) is 0 Å². The molecule has 4 nitrogen and oxygen atoms in total. The summed E-state index contributed by atoms with van der Waals surface area (Å²) < 4.78 is 0. The summed E-state index contributed by atoms with van der Waals surface area (Å²) in [5.74, 6) is 0.243. The fourth-order valence-electron chi connectivity index (χ4n) is 1.30. The van der Waals surface area contributed by atoms with E-state index in [9.17, 15) is 4.79 Å². The summed E-state index contributed by atoms with van der Waals surface area (Å²) in [6.07, 6.45) is 1.56. The van der Waals surface area contributed by atoms with Gasteiger partial charge in [-0.25, -0.2) is 0 Å². The van der Waals surface area contributed by atoms with Crippen molar-refractivity contribution in [3.63, 3.8) is 0 Å². The van der Waals surface area contributed by atoms with Crippen LogP contribution in [-0.2, 0) is 4.79 Å². The molecule has 0 spiro atoms. The van der Waals surface area contributed by atoms with Gasteiger partial charge < -0.3 is 15.1 Å². The first-order chi connectivity index (χ1) is 7.43. The molecular formula is C12H27N3O. The van der Waals surface area contributed by atoms with Crippen molar-refractivity contribution in [1.82, 2.24) is 15.1 Å². The van der Waals surface area contributed by atoms with E-state index in [1.807, 2.05) is 26.0 Å². The summed E-state index contributed by atoms with van der Waals surface area (Å²) in [5, 5.41) is 3.31. The molecule has 0 aromatic heterocycles. The lowest BCUT2D eigenvalue weighted by Crippen LogP contribution is -2.34. The molecule has 0 aliphatic carbocycles. The summed E-state index contributed by atoms with van der Waals surface area (Å²) in [5.41, 5.74) is 0. The van der Waals surface area contributed by atoms with Crippen molar-refractivity contribution in [3.05, 3.63) is 0 Å². The first kappa shape index (κ1) is 15.4. The molecule has 0 unspecified atom stereocenters. The fraction of sp³-hybridized carbons (Fsp3) is 0.917. The van der Waals surface area contributed by atoms with Gasteiger partial charge >= 0.3 is 0 Å². The number of rotatable bonds is 8. The first-order valence-corrected chi connectivity index (χ1v) is 6.05. The number of amides is 1. The summed E-state index contributed by atoms with van der Waals surface area (Å²) in [6.45, 7) is 6.89. The van der Waals surface area contributed by atoms with Crippen molar-refractivity contribution in [2.75, 3.05) is 40.8 Å². The first-order valence-electron chi connectivity index (χ1n) is 6.05. The molecule has 16 heavy (non-hydrogen) atoms. The van der Waals surface area contributed by atoms with E-state index in [4.69, 9.17) is 0 Å². The second-order valence-corrected chi connectivity index (χ2v) is 4.83. The van der Waals surface area contributed by atoms with E-state index < -0.39 is 0 Å². The van der Waals surface area contributed by atoms with Gasteiger partial charge in [-0.2, -0.15) is 0 Å². The Morgan fingerprint density at radius 1 is 1.19 bits per heavy atom. The van der Waals surface area contributed by atoms with Crippen molar-refractivity contribution in [2.24, 2.45) is 0 Å². The minimum absolute atomic E-state index is 0.243. The standard InChI is InChI=1S/C12H27N3O/c1-11(2)13-8-6-7-12(16)15(5)10-9-14(3)4/h11,13H,6-10H2,1-5H3. The van der Waals surface area contributed by atoms with Gasteiger partial charge in [-0.3, -0.25) is 4.79 Å². The van der Waals surface area contributed by atoms with Crippen LogP contribution in [0.1, 0.15) is 26.7 Å². The molecule has 0 atom stereocenters. The zero-order valence-corrected chi connectivity index (χ0v) is 11.4. The second-order valence-electron chi connectivity index (χ2n) is 4.83. The Kier molecular flexibility index (Phi) is 8.21. The van der Waals surface area contributed by atoms with Crippen LogP contribution in [0, 0.1) is 0 Å². The lowest BCUT2D eigenvalue weighted by molar-refractivity contribution is -0.130. The molecule has 0 fully saturated rings. The Bertz CT molecular complexity index is 193. The van der Waals surface area contributed by atoms with Crippen LogP contribution < -0.4 is 5.32 Å². The third kappa shape index (κ3) is 8.68. The van der Waals surface area contributed by atoms with Gasteiger partial charge in [0.1, 0.15) is 0 Å². The van der Waals surface area contributed by atoms with Crippen LogP contribution in [0.5, 0.6) is 0 Å². The molecule has 0 aromatic carbocycles. The molecule has 0 radical (unpaired) electrons. The van der Waals surface area contributed by atoms with Crippen LogP contribution in [0.3, 0.4) is 0 Å². The van der Waals surface area contributed by atoms with E-state index in [0.717, 1.165) is 26.1 Å². The predicted octanol–water partition coefficient (Wildman–Crippen LogP) is 0.785. The number of hydrogen-bond donors (Lipinski definition) is 1. The summed E-state index contributed by atoms with van der Waals surface area (Å²) >= 11 is 0. The van der Waals surface area contributed by atoms with Gasteiger partial charge in [0.25, 0.3) is 0 Å². The zero-order valence-electron chi connectivity index (χ0n) is 11.4. The van der Waals surface area contributed by atoms with E-state index in [2.05, 4.69) is 24.1 Å². The Morgan fingerprint density at radius 2 is 1.81 bits per heavy atom. The Hall–Kier alpha value is -0.610. The van der Waals surface area contributed by atoms with Crippen LogP contribution >= 0.6 is 0 Å². The molecule has 96 valence electrons. The number of hydrogen-bond acceptors (Lipinski definition) is 3. The molecule has 0 rings (SSSR count). The summed E-state index contributed by atoms with van der Waals surface area (Å²) in [4.78, 5) is 15.6. The molecular weight excluding hydrogens is 202 g/mol. The highest BCUT2D eigenvalue weighted by molar-refractivity contribution is 5.75. The quantitative estimate of drug-likeness (QED) is 0.625. The Balaban J connectivity index is 3.55. The van der Waals surface area contributed by atoms with Crippen molar-refractivity contribution >= 4 is 5.91 Å². The van der Waals surface area contributed by atoms with Crippen LogP contribution in [-0.4, -0.2) is 62.5 Å². The number of likely N-dealkylation sites (N-methyl/N-ethyl adjacent to an activating group) is 2. The largest absolute Gasteiger partial charge is 0.344 e. The smallest absolute Gasteiger partial charge is 0.222 e. The third-order valence-electron chi connectivity index (χ3n) is 2.43. The third-order valence-corrected chi connectivity index (χ3v) is 2.43. The molecule has 1 N–H and O–H groups in total. The zero-order chi connectivity index (χ0) is 12.6. The SMILES string of the molecule is CC(C)NCCCC(=O)N(C)CCN(C)C. The Labute approximate surface area is 100.0 Å². The van der Waals surface area contributed by atoms with Crippen LogP contribution in [0.15, 0.2) is 0 Å². The fourth-order valence-corrected chi connectivity index (χ4v) is 1.30. The number of carbonyl (C=O) groups is 1. The molecule has 0 aliphatic rings. The average Bonchev–Trinajstić information content (AvgIpc) is 2.20. The van der Waals surface area contributed by atoms with E-state index in [-0.39, 0.29) is 5.91 Å². The van der Waals surface area contributed by atoms with E-state index in [1.165, 1.54) is 0 Å². The molecule has 0 aliphatic heterocycles. The minimum Gasteiger partial charge on any atom is -0.344 e. The molecule has 0 saturated carbocycles. The van der Waals surface area contributed by atoms with Crippen LogP contribution in [0.2, 0.25) is 0 Å². The monoisotopic (exact) mass is 229 g/mol. The highest BCUT2D eigenvalue weighted by atomic mass is 16.2. The average molecular weight is 229 g/mol. The van der Waals surface area contributed by atoms with Gasteiger partial charge in [-0.1, -0.05) is 13.8 Å². The Morgan fingerprint density at radius 3 is 2.31 bits per heavy atom. The van der Waals surface area contributed by atoms with Gasteiger partial charge in [-0.05, 0) is 27.1 Å². The van der Waals surface area contributed by atoms with E-state index in [0.29, 0.717) is 12.5 Å². The molecule has 0 saturated heterocycles. The van der Waals surface area contributed by atoms with Gasteiger partial charge in [-0.15, -0.1) is 0 Å². The number of nitrogens with one attached hydrogen (secondary N) is 1. The lowest BCUT2D eigenvalue weighted by Gasteiger charge is -2.19. The molecule has 0 heterocycles. The maximum absolute atomic E-state index is 11.7. The van der Waals surface area contributed by atoms with E-state index in [1.54, 1.807) is 0 Å². The molecule has 0 aromatic rings. The molecule has 0 bridgehead atoms.